The zero-order valence-electron chi connectivity index (χ0n) is 11.8. The molecule has 0 bridgehead atoms. The number of aliphatic hydroxyl groups is 1. The van der Waals surface area contributed by atoms with E-state index in [1.165, 1.54) is 5.56 Å². The van der Waals surface area contributed by atoms with Crippen LogP contribution in [-0.2, 0) is 0 Å². The summed E-state index contributed by atoms with van der Waals surface area (Å²) in [4.78, 5) is 0. The first kappa shape index (κ1) is 16.3. The maximum atomic E-state index is 8.69. The van der Waals surface area contributed by atoms with Crippen LogP contribution in [0.3, 0.4) is 0 Å². The second-order valence-electron chi connectivity index (χ2n) is 4.60. The molecule has 0 aliphatic rings. The summed E-state index contributed by atoms with van der Waals surface area (Å²) in [5, 5.41) is 12.7. The van der Waals surface area contributed by atoms with Crippen molar-refractivity contribution in [1.29, 1.82) is 0 Å². The van der Waals surface area contributed by atoms with Crippen LogP contribution in [0.15, 0.2) is 18.2 Å². The number of halogens is 1. The second kappa shape index (κ2) is 9.18. The number of ether oxygens (including phenoxy) is 1. The SMILES string of the molecule is CCNC(C)c1ccc(OCCCCCO)c(Cl)c1. The Labute approximate surface area is 120 Å². The summed E-state index contributed by atoms with van der Waals surface area (Å²) in [6, 6.07) is 6.22. The van der Waals surface area contributed by atoms with E-state index in [9.17, 15) is 0 Å². The Balaban J connectivity index is 2.47. The van der Waals surface area contributed by atoms with Gasteiger partial charge >= 0.3 is 0 Å². The Bertz CT molecular complexity index is 371. The molecule has 0 amide bonds. The van der Waals surface area contributed by atoms with Crippen LogP contribution in [-0.4, -0.2) is 24.9 Å². The van der Waals surface area contributed by atoms with E-state index in [2.05, 4.69) is 19.2 Å². The van der Waals surface area contributed by atoms with E-state index in [4.69, 9.17) is 21.4 Å². The van der Waals surface area contributed by atoms with Gasteiger partial charge in [0.25, 0.3) is 0 Å². The number of unbranched alkanes of at least 4 members (excludes halogenated alkanes) is 2. The first-order valence-corrected chi connectivity index (χ1v) is 7.33. The molecule has 0 fully saturated rings. The van der Waals surface area contributed by atoms with Crippen molar-refractivity contribution < 1.29 is 9.84 Å². The van der Waals surface area contributed by atoms with E-state index in [0.717, 1.165) is 31.6 Å². The molecule has 4 heteroatoms. The Morgan fingerprint density at radius 3 is 2.74 bits per heavy atom. The zero-order valence-corrected chi connectivity index (χ0v) is 12.5. The molecule has 0 saturated heterocycles. The molecule has 0 aromatic heterocycles. The third-order valence-electron chi connectivity index (χ3n) is 3.03. The van der Waals surface area contributed by atoms with E-state index < -0.39 is 0 Å². The van der Waals surface area contributed by atoms with Gasteiger partial charge in [-0.25, -0.2) is 0 Å². The summed E-state index contributed by atoms with van der Waals surface area (Å²) in [5.41, 5.74) is 1.17. The van der Waals surface area contributed by atoms with Gasteiger partial charge in [0, 0.05) is 12.6 Å². The number of aliphatic hydroxyl groups excluding tert-OH is 1. The first-order chi connectivity index (χ1) is 9.19. The third-order valence-corrected chi connectivity index (χ3v) is 3.32. The van der Waals surface area contributed by atoms with Crippen LogP contribution < -0.4 is 10.1 Å². The topological polar surface area (TPSA) is 41.5 Å². The van der Waals surface area contributed by atoms with Crippen LogP contribution in [0.1, 0.15) is 44.7 Å². The fourth-order valence-electron chi connectivity index (χ4n) is 1.90. The van der Waals surface area contributed by atoms with Crippen LogP contribution >= 0.6 is 11.6 Å². The number of benzene rings is 1. The predicted octanol–water partition coefficient (Wildman–Crippen LogP) is 3.55. The zero-order chi connectivity index (χ0) is 14.1. The van der Waals surface area contributed by atoms with E-state index in [1.807, 2.05) is 18.2 Å². The number of rotatable bonds is 9. The highest BCUT2D eigenvalue weighted by atomic mass is 35.5. The number of hydrogen-bond acceptors (Lipinski definition) is 3. The Kier molecular flexibility index (Phi) is 7.87. The van der Waals surface area contributed by atoms with Gasteiger partial charge in [0.1, 0.15) is 5.75 Å². The minimum Gasteiger partial charge on any atom is -0.492 e. The molecule has 0 saturated carbocycles. The molecular formula is C15H24ClNO2. The summed E-state index contributed by atoms with van der Waals surface area (Å²) in [6.07, 6.45) is 2.74. The average Bonchev–Trinajstić information content (AvgIpc) is 2.40. The lowest BCUT2D eigenvalue weighted by Crippen LogP contribution is -2.17. The van der Waals surface area contributed by atoms with Crippen LogP contribution in [0.25, 0.3) is 0 Å². The highest BCUT2D eigenvalue weighted by Crippen LogP contribution is 2.28. The highest BCUT2D eigenvalue weighted by molar-refractivity contribution is 6.32. The van der Waals surface area contributed by atoms with Crippen molar-refractivity contribution in [3.05, 3.63) is 28.8 Å². The summed E-state index contributed by atoms with van der Waals surface area (Å²) >= 11 is 6.22. The largest absolute Gasteiger partial charge is 0.492 e. The number of nitrogens with one attached hydrogen (secondary N) is 1. The molecule has 1 aromatic rings. The van der Waals surface area contributed by atoms with Crippen molar-refractivity contribution in [3.63, 3.8) is 0 Å². The van der Waals surface area contributed by atoms with Gasteiger partial charge in [0.05, 0.1) is 11.6 Å². The van der Waals surface area contributed by atoms with Crippen molar-refractivity contribution in [1.82, 2.24) is 5.32 Å². The van der Waals surface area contributed by atoms with Crippen molar-refractivity contribution in [3.8, 4) is 5.75 Å². The Hall–Kier alpha value is -0.770. The highest BCUT2D eigenvalue weighted by Gasteiger charge is 2.07. The molecule has 0 aliphatic carbocycles. The minimum absolute atomic E-state index is 0.248. The summed E-state index contributed by atoms with van der Waals surface area (Å²) in [5.74, 6) is 0.734. The van der Waals surface area contributed by atoms with Crippen molar-refractivity contribution in [2.75, 3.05) is 19.8 Å². The van der Waals surface area contributed by atoms with Crippen molar-refractivity contribution in [2.45, 2.75) is 39.2 Å². The van der Waals surface area contributed by atoms with E-state index in [1.54, 1.807) is 0 Å². The van der Waals surface area contributed by atoms with E-state index in [0.29, 0.717) is 17.7 Å². The van der Waals surface area contributed by atoms with Gasteiger partial charge in [0.15, 0.2) is 0 Å². The molecule has 0 spiro atoms. The molecule has 0 aliphatic heterocycles. The second-order valence-corrected chi connectivity index (χ2v) is 5.01. The van der Waals surface area contributed by atoms with Crippen molar-refractivity contribution in [2.24, 2.45) is 0 Å². The van der Waals surface area contributed by atoms with Crippen LogP contribution in [0.5, 0.6) is 5.75 Å². The van der Waals surface area contributed by atoms with E-state index >= 15 is 0 Å². The summed E-state index contributed by atoms with van der Waals surface area (Å²) in [6.45, 7) is 6.02. The average molecular weight is 286 g/mol. The molecule has 1 aromatic carbocycles. The molecule has 2 N–H and O–H groups in total. The monoisotopic (exact) mass is 285 g/mol. The minimum atomic E-state index is 0.248. The smallest absolute Gasteiger partial charge is 0.137 e. The lowest BCUT2D eigenvalue weighted by atomic mass is 10.1. The molecule has 3 nitrogen and oxygen atoms in total. The maximum Gasteiger partial charge on any atom is 0.137 e. The van der Waals surface area contributed by atoms with Gasteiger partial charge in [-0.05, 0) is 50.4 Å². The molecule has 1 atom stereocenters. The molecular weight excluding hydrogens is 262 g/mol. The van der Waals surface area contributed by atoms with Gasteiger partial charge < -0.3 is 15.2 Å². The van der Waals surface area contributed by atoms with Gasteiger partial charge in [0.2, 0.25) is 0 Å². The molecule has 0 heterocycles. The van der Waals surface area contributed by atoms with Gasteiger partial charge in [-0.3, -0.25) is 0 Å². The van der Waals surface area contributed by atoms with Crippen LogP contribution in [0.2, 0.25) is 5.02 Å². The Morgan fingerprint density at radius 1 is 1.32 bits per heavy atom. The van der Waals surface area contributed by atoms with Crippen LogP contribution in [0.4, 0.5) is 0 Å². The predicted molar refractivity (Wildman–Crippen MR) is 80.0 cm³/mol. The third kappa shape index (κ3) is 5.81. The lowest BCUT2D eigenvalue weighted by Gasteiger charge is -2.15. The fraction of sp³-hybridized carbons (Fsp3) is 0.600. The maximum absolute atomic E-state index is 8.69. The fourth-order valence-corrected chi connectivity index (χ4v) is 2.14. The Morgan fingerprint density at radius 2 is 2.11 bits per heavy atom. The van der Waals surface area contributed by atoms with Gasteiger partial charge in [-0.2, -0.15) is 0 Å². The molecule has 108 valence electrons. The normalized spacial score (nSPS) is 12.4. The lowest BCUT2D eigenvalue weighted by molar-refractivity contribution is 0.266. The van der Waals surface area contributed by atoms with Gasteiger partial charge in [-0.15, -0.1) is 0 Å². The molecule has 0 radical (unpaired) electrons. The molecule has 19 heavy (non-hydrogen) atoms. The quantitative estimate of drug-likeness (QED) is 0.682. The first-order valence-electron chi connectivity index (χ1n) is 6.95. The standard InChI is InChI=1S/C15H24ClNO2/c1-3-17-12(2)13-7-8-15(14(16)11-13)19-10-6-4-5-9-18/h7-8,11-12,17-18H,3-6,9-10H2,1-2H3. The van der Waals surface area contributed by atoms with E-state index in [-0.39, 0.29) is 6.61 Å². The summed E-state index contributed by atoms with van der Waals surface area (Å²) < 4.78 is 5.64. The molecule has 1 rings (SSSR count). The number of hydrogen-bond donors (Lipinski definition) is 2. The van der Waals surface area contributed by atoms with Crippen LogP contribution in [0, 0.1) is 0 Å². The summed E-state index contributed by atoms with van der Waals surface area (Å²) in [7, 11) is 0. The molecule has 1 unspecified atom stereocenters. The van der Waals surface area contributed by atoms with Crippen molar-refractivity contribution >= 4 is 11.6 Å². The van der Waals surface area contributed by atoms with Gasteiger partial charge in [-0.1, -0.05) is 24.6 Å².